The normalized spacial score (nSPS) is 33.5. The van der Waals surface area contributed by atoms with E-state index in [4.69, 9.17) is 0 Å². The second-order valence-corrected chi connectivity index (χ2v) is 9.51. The molecule has 0 spiro atoms. The first-order chi connectivity index (χ1) is 14.0. The summed E-state index contributed by atoms with van der Waals surface area (Å²) < 4.78 is 4.64. The van der Waals surface area contributed by atoms with Crippen molar-refractivity contribution in [3.63, 3.8) is 0 Å². The molecule has 164 valence electrons. The Morgan fingerprint density at radius 1 is 1.17 bits per heavy atom. The molecule has 0 saturated heterocycles. The van der Waals surface area contributed by atoms with E-state index in [2.05, 4.69) is 4.74 Å². The number of aliphatic hydroxyl groups excluding tert-OH is 2. The summed E-state index contributed by atoms with van der Waals surface area (Å²) in [4.78, 5) is 23.5. The molecule has 0 aliphatic heterocycles. The van der Waals surface area contributed by atoms with Gasteiger partial charge >= 0.3 is 5.97 Å². The fourth-order valence-corrected chi connectivity index (χ4v) is 5.36. The van der Waals surface area contributed by atoms with E-state index in [1.165, 1.54) is 26.4 Å². The number of aliphatic hydroxyl groups is 2. The largest absolute Gasteiger partial charge is 0.469 e. The zero-order chi connectivity index (χ0) is 20.8. The minimum atomic E-state index is -0.626. The zero-order valence-corrected chi connectivity index (χ0v) is 17.8. The third-order valence-electron chi connectivity index (χ3n) is 7.65. The van der Waals surface area contributed by atoms with Gasteiger partial charge in [-0.2, -0.15) is 0 Å². The number of esters is 1. The molecule has 3 aliphatic rings. The Morgan fingerprint density at radius 3 is 2.55 bits per heavy atom. The molecule has 0 heterocycles. The highest BCUT2D eigenvalue weighted by molar-refractivity contribution is 5.84. The Labute approximate surface area is 174 Å². The van der Waals surface area contributed by atoms with E-state index in [0.717, 1.165) is 56.8 Å². The van der Waals surface area contributed by atoms with E-state index in [0.29, 0.717) is 12.3 Å². The van der Waals surface area contributed by atoms with Crippen LogP contribution < -0.4 is 0 Å². The van der Waals surface area contributed by atoms with Gasteiger partial charge in [-0.05, 0) is 43.4 Å². The smallest absolute Gasteiger partial charge is 0.305 e. The molecule has 4 atom stereocenters. The van der Waals surface area contributed by atoms with Crippen molar-refractivity contribution < 1.29 is 24.5 Å². The molecule has 5 nitrogen and oxygen atoms in total. The summed E-state index contributed by atoms with van der Waals surface area (Å²) in [7, 11) is 1.40. The lowest BCUT2D eigenvalue weighted by molar-refractivity contribution is -0.140. The third-order valence-corrected chi connectivity index (χ3v) is 7.65. The average molecular weight is 407 g/mol. The molecule has 0 amide bonds. The maximum absolute atomic E-state index is 12.3. The maximum Gasteiger partial charge on any atom is 0.305 e. The van der Waals surface area contributed by atoms with Gasteiger partial charge in [-0.1, -0.05) is 50.7 Å². The van der Waals surface area contributed by atoms with E-state index >= 15 is 0 Å². The minimum Gasteiger partial charge on any atom is -0.469 e. The van der Waals surface area contributed by atoms with Crippen molar-refractivity contribution in [2.45, 2.75) is 89.3 Å². The van der Waals surface area contributed by atoms with Crippen molar-refractivity contribution in [2.75, 3.05) is 7.11 Å². The van der Waals surface area contributed by atoms with Gasteiger partial charge in [-0.25, -0.2) is 0 Å². The van der Waals surface area contributed by atoms with Crippen molar-refractivity contribution in [3.05, 3.63) is 12.2 Å². The van der Waals surface area contributed by atoms with E-state index in [1.54, 1.807) is 0 Å². The highest BCUT2D eigenvalue weighted by Crippen LogP contribution is 2.48. The van der Waals surface area contributed by atoms with E-state index in [9.17, 15) is 19.8 Å². The van der Waals surface area contributed by atoms with Gasteiger partial charge in [0.05, 0.1) is 19.3 Å². The summed E-state index contributed by atoms with van der Waals surface area (Å²) in [6, 6.07) is 0. The van der Waals surface area contributed by atoms with Gasteiger partial charge in [0.15, 0.2) is 0 Å². The summed E-state index contributed by atoms with van der Waals surface area (Å²) in [6.45, 7) is 0. The number of carbonyl (C=O) groups is 2. The van der Waals surface area contributed by atoms with Crippen molar-refractivity contribution in [3.8, 4) is 0 Å². The van der Waals surface area contributed by atoms with Crippen LogP contribution in [0.3, 0.4) is 0 Å². The Morgan fingerprint density at radius 2 is 1.90 bits per heavy atom. The van der Waals surface area contributed by atoms with E-state index in [1.807, 2.05) is 12.2 Å². The molecule has 0 bridgehead atoms. The van der Waals surface area contributed by atoms with Crippen LogP contribution in [0.15, 0.2) is 12.2 Å². The summed E-state index contributed by atoms with van der Waals surface area (Å²) in [5.74, 6) is 1.71. The van der Waals surface area contributed by atoms with Gasteiger partial charge in [-0.15, -0.1) is 0 Å². The van der Waals surface area contributed by atoms with Crippen LogP contribution in [0.2, 0.25) is 0 Å². The van der Waals surface area contributed by atoms with Crippen LogP contribution in [0.5, 0.6) is 0 Å². The number of rotatable bonds is 11. The Kier molecular flexibility index (Phi) is 8.31. The third kappa shape index (κ3) is 5.91. The molecule has 29 heavy (non-hydrogen) atoms. The SMILES string of the molecule is COC(=O)CCCCCC[C@H]1C(=O)C[C@@H](O)[C@@H]1/C=C/[C@H](O)C1CC(C2CCC2)C1. The van der Waals surface area contributed by atoms with Gasteiger partial charge in [0.2, 0.25) is 0 Å². The lowest BCUT2D eigenvalue weighted by Gasteiger charge is -2.45. The molecule has 0 radical (unpaired) electrons. The number of hydrogen-bond acceptors (Lipinski definition) is 5. The molecule has 3 aliphatic carbocycles. The van der Waals surface area contributed by atoms with Crippen molar-refractivity contribution in [1.29, 1.82) is 0 Å². The van der Waals surface area contributed by atoms with Crippen LogP contribution in [0.4, 0.5) is 0 Å². The molecule has 3 saturated carbocycles. The van der Waals surface area contributed by atoms with Gasteiger partial charge in [-0.3, -0.25) is 9.59 Å². The predicted molar refractivity (Wildman–Crippen MR) is 111 cm³/mol. The molecule has 0 aromatic rings. The molecule has 3 fully saturated rings. The lowest BCUT2D eigenvalue weighted by Crippen LogP contribution is -2.38. The van der Waals surface area contributed by atoms with Crippen LogP contribution in [0.1, 0.15) is 77.0 Å². The van der Waals surface area contributed by atoms with Gasteiger partial charge in [0.1, 0.15) is 5.78 Å². The fraction of sp³-hybridized carbons (Fsp3) is 0.833. The number of unbranched alkanes of at least 4 members (excludes halogenated alkanes) is 3. The molecule has 0 unspecified atom stereocenters. The van der Waals surface area contributed by atoms with Crippen molar-refractivity contribution in [2.24, 2.45) is 29.6 Å². The molecule has 0 aromatic heterocycles. The van der Waals surface area contributed by atoms with Gasteiger partial charge < -0.3 is 14.9 Å². The summed E-state index contributed by atoms with van der Waals surface area (Å²) in [5.41, 5.74) is 0. The number of ether oxygens (including phenoxy) is 1. The second-order valence-electron chi connectivity index (χ2n) is 9.51. The lowest BCUT2D eigenvalue weighted by atomic mass is 9.61. The zero-order valence-electron chi connectivity index (χ0n) is 17.8. The standard InChI is InChI=1S/C24H38O5/c1-29-24(28)10-5-3-2-4-9-19-20(23(27)15-22(19)26)11-12-21(25)18-13-17(14-18)16-7-6-8-16/h11-12,16-21,23,25,27H,2-10,13-15H2,1H3/b12-11+/t17?,18?,19-,20-,21+,23-/m1/s1. The van der Waals surface area contributed by atoms with Crippen LogP contribution >= 0.6 is 0 Å². The Hall–Kier alpha value is -1.20. The highest BCUT2D eigenvalue weighted by Gasteiger charge is 2.41. The van der Waals surface area contributed by atoms with Gasteiger partial charge in [0.25, 0.3) is 0 Å². The Balaban J connectivity index is 1.39. The van der Waals surface area contributed by atoms with E-state index < -0.39 is 12.2 Å². The fourth-order valence-electron chi connectivity index (χ4n) is 5.36. The topological polar surface area (TPSA) is 83.8 Å². The van der Waals surface area contributed by atoms with Crippen LogP contribution in [0, 0.1) is 29.6 Å². The van der Waals surface area contributed by atoms with Gasteiger partial charge in [0, 0.05) is 24.7 Å². The molecular weight excluding hydrogens is 368 g/mol. The highest BCUT2D eigenvalue weighted by atomic mass is 16.5. The predicted octanol–water partition coefficient (Wildman–Crippen LogP) is 3.81. The number of carbonyl (C=O) groups excluding carboxylic acids is 2. The Bertz CT molecular complexity index is 576. The van der Waals surface area contributed by atoms with E-state index in [-0.39, 0.29) is 30.0 Å². The molecule has 3 rings (SSSR count). The first-order valence-corrected chi connectivity index (χ1v) is 11.6. The number of hydrogen-bond donors (Lipinski definition) is 2. The molecule has 2 N–H and O–H groups in total. The molecule has 5 heteroatoms. The quantitative estimate of drug-likeness (QED) is 0.310. The first kappa shape index (κ1) is 22.5. The summed E-state index contributed by atoms with van der Waals surface area (Å²) in [5, 5.41) is 20.8. The number of Topliss-reactive ketones (excluding diaryl/α,β-unsaturated/α-hetero) is 1. The second kappa shape index (κ2) is 10.7. The summed E-state index contributed by atoms with van der Waals surface area (Å²) >= 11 is 0. The maximum atomic E-state index is 12.3. The van der Waals surface area contributed by atoms with Crippen molar-refractivity contribution in [1.82, 2.24) is 0 Å². The minimum absolute atomic E-state index is 0.141. The summed E-state index contributed by atoms with van der Waals surface area (Å²) in [6.07, 6.45) is 14.1. The number of ketones is 1. The van der Waals surface area contributed by atoms with Crippen LogP contribution in [-0.2, 0) is 14.3 Å². The van der Waals surface area contributed by atoms with Crippen LogP contribution in [0.25, 0.3) is 0 Å². The van der Waals surface area contributed by atoms with Crippen LogP contribution in [-0.4, -0.2) is 41.3 Å². The first-order valence-electron chi connectivity index (χ1n) is 11.6. The monoisotopic (exact) mass is 406 g/mol. The average Bonchev–Trinajstić information content (AvgIpc) is 2.89. The van der Waals surface area contributed by atoms with Crippen molar-refractivity contribution >= 4 is 11.8 Å². The molecule has 0 aromatic carbocycles. The molecular formula is C24H38O5. The number of methoxy groups -OCH3 is 1.